The normalized spacial score (nSPS) is 11.5. The number of hydrogen-bond donors (Lipinski definition) is 4. The van der Waals surface area contributed by atoms with Crippen LogP contribution in [0.25, 0.3) is 10.2 Å². The van der Waals surface area contributed by atoms with Crippen LogP contribution in [0.15, 0.2) is 57.7 Å². The molecule has 0 spiro atoms. The Balaban J connectivity index is 1.49. The second-order valence-electron chi connectivity index (χ2n) is 6.55. The molecule has 0 unspecified atom stereocenters. The van der Waals surface area contributed by atoms with E-state index in [9.17, 15) is 4.79 Å². The van der Waals surface area contributed by atoms with E-state index in [-0.39, 0.29) is 17.5 Å². The van der Waals surface area contributed by atoms with Crippen LogP contribution in [0.1, 0.15) is 5.69 Å². The molecule has 0 aliphatic heterocycles. The fourth-order valence-corrected chi connectivity index (χ4v) is 4.86. The number of methoxy groups -OCH3 is 2. The second kappa shape index (κ2) is 9.71. The summed E-state index contributed by atoms with van der Waals surface area (Å²) in [6.45, 7) is 0. The Kier molecular flexibility index (Phi) is 6.57. The molecule has 0 radical (unpaired) electrons. The number of nitrogens with one attached hydrogen (secondary N) is 3. The SMILES string of the molecule is COc1ccc(NC(N)=[NH+]c2nc(CSc3nc4ccccc4s3)cc(=O)[nH]2)c(OC)c1. The van der Waals surface area contributed by atoms with Gasteiger partial charge in [0.05, 0.1) is 30.2 Å². The maximum Gasteiger partial charge on any atom is 0.325 e. The fourth-order valence-electron chi connectivity index (χ4n) is 2.90. The number of nitrogens with zero attached hydrogens (tertiary/aromatic N) is 2. The number of H-pyrrole nitrogens is 1. The van der Waals surface area contributed by atoms with Crippen LogP contribution in [0.3, 0.4) is 0 Å². The number of nitrogens with two attached hydrogens (primary N) is 1. The van der Waals surface area contributed by atoms with Crippen molar-refractivity contribution >= 4 is 50.9 Å². The van der Waals surface area contributed by atoms with Crippen molar-refractivity contribution in [1.29, 1.82) is 0 Å². The number of guanidine groups is 1. The number of fused-ring (bicyclic) bond motifs is 1. The first-order valence-corrected chi connectivity index (χ1v) is 11.3. The van der Waals surface area contributed by atoms with Gasteiger partial charge >= 0.3 is 5.95 Å². The number of thiazole rings is 1. The molecule has 2 heterocycles. The molecule has 0 bridgehead atoms. The van der Waals surface area contributed by atoms with Crippen molar-refractivity contribution in [3.05, 3.63) is 64.6 Å². The number of hydrogen-bond acceptors (Lipinski definition) is 7. The number of aromatic nitrogens is 3. The van der Waals surface area contributed by atoms with Crippen molar-refractivity contribution < 1.29 is 14.5 Å². The van der Waals surface area contributed by atoms with Gasteiger partial charge in [0.15, 0.2) is 10.1 Å². The molecule has 32 heavy (non-hydrogen) atoms. The zero-order valence-corrected chi connectivity index (χ0v) is 19.0. The fraction of sp³-hybridized carbons (Fsp3) is 0.143. The minimum atomic E-state index is -0.280. The maximum atomic E-state index is 12.1. The Morgan fingerprint density at radius 1 is 1.19 bits per heavy atom. The molecule has 0 aliphatic carbocycles. The average Bonchev–Trinajstić information content (AvgIpc) is 3.20. The van der Waals surface area contributed by atoms with Gasteiger partial charge in [-0.2, -0.15) is 0 Å². The molecular formula is C21H21N6O3S2+. The average molecular weight is 470 g/mol. The minimum absolute atomic E-state index is 0.174. The summed E-state index contributed by atoms with van der Waals surface area (Å²) in [7, 11) is 3.13. The quantitative estimate of drug-likeness (QED) is 0.183. The molecule has 9 nitrogen and oxygen atoms in total. The summed E-state index contributed by atoms with van der Waals surface area (Å²) in [6, 6.07) is 14.7. The van der Waals surface area contributed by atoms with Gasteiger partial charge in [0.25, 0.3) is 11.5 Å². The first-order chi connectivity index (χ1) is 15.5. The number of para-hydroxylation sites is 1. The summed E-state index contributed by atoms with van der Waals surface area (Å²) in [6.07, 6.45) is 0. The lowest BCUT2D eigenvalue weighted by Crippen LogP contribution is -2.73. The summed E-state index contributed by atoms with van der Waals surface area (Å²) in [4.78, 5) is 26.7. The standard InChI is InChI=1S/C21H20N6O3S2/c1-29-13-7-8-14(16(10-13)30-2)24-19(22)27-20-23-12(9-18(28)26-20)11-31-21-25-15-5-3-4-6-17(15)32-21/h3-10H,11H2,1-2H3,(H4,22,23,24,26,27,28)/p+1. The third-order valence-electron chi connectivity index (χ3n) is 4.34. The summed E-state index contributed by atoms with van der Waals surface area (Å²) in [5.41, 5.74) is 7.99. The first-order valence-electron chi connectivity index (χ1n) is 9.51. The first kappa shape index (κ1) is 21.7. The van der Waals surface area contributed by atoms with E-state index in [1.54, 1.807) is 43.8 Å². The summed E-state index contributed by atoms with van der Waals surface area (Å²) in [5, 5.41) is 3.00. The maximum absolute atomic E-state index is 12.1. The minimum Gasteiger partial charge on any atom is -0.497 e. The van der Waals surface area contributed by atoms with Crippen LogP contribution in [0.2, 0.25) is 0 Å². The van der Waals surface area contributed by atoms with Crippen molar-refractivity contribution in [3.63, 3.8) is 0 Å². The van der Waals surface area contributed by atoms with Gasteiger partial charge in [-0.05, 0) is 24.3 Å². The zero-order valence-electron chi connectivity index (χ0n) is 17.3. The van der Waals surface area contributed by atoms with Crippen molar-refractivity contribution in [3.8, 4) is 11.5 Å². The highest BCUT2D eigenvalue weighted by molar-refractivity contribution is 8.00. The number of aromatic amines is 1. The number of anilines is 1. The lowest BCUT2D eigenvalue weighted by Gasteiger charge is -2.09. The van der Waals surface area contributed by atoms with Crippen LogP contribution in [-0.4, -0.2) is 35.1 Å². The van der Waals surface area contributed by atoms with Gasteiger partial charge in [-0.15, -0.1) is 16.3 Å². The van der Waals surface area contributed by atoms with Gasteiger partial charge in [-0.1, -0.05) is 23.9 Å². The molecule has 164 valence electrons. The van der Waals surface area contributed by atoms with Gasteiger partial charge < -0.3 is 15.2 Å². The van der Waals surface area contributed by atoms with Crippen LogP contribution in [0.4, 0.5) is 11.6 Å². The van der Waals surface area contributed by atoms with E-state index in [1.165, 1.54) is 17.8 Å². The number of ether oxygens (including phenoxy) is 2. The van der Waals surface area contributed by atoms with E-state index >= 15 is 0 Å². The van der Waals surface area contributed by atoms with Gasteiger partial charge in [0.2, 0.25) is 0 Å². The van der Waals surface area contributed by atoms with Crippen LogP contribution in [0.5, 0.6) is 11.5 Å². The predicted octanol–water partition coefficient (Wildman–Crippen LogP) is 1.83. The third-order valence-corrected chi connectivity index (χ3v) is 6.56. The van der Waals surface area contributed by atoms with E-state index < -0.39 is 0 Å². The molecule has 5 N–H and O–H groups in total. The molecule has 0 atom stereocenters. The highest BCUT2D eigenvalue weighted by atomic mass is 32.2. The Morgan fingerprint density at radius 2 is 2.03 bits per heavy atom. The van der Waals surface area contributed by atoms with Crippen LogP contribution in [-0.2, 0) is 5.75 Å². The van der Waals surface area contributed by atoms with Crippen molar-refractivity contribution in [2.45, 2.75) is 10.1 Å². The Bertz CT molecular complexity index is 1300. The molecular weight excluding hydrogens is 448 g/mol. The van der Waals surface area contributed by atoms with Crippen LogP contribution in [0, 0.1) is 0 Å². The highest BCUT2D eigenvalue weighted by Crippen LogP contribution is 2.31. The number of rotatable bonds is 7. The topological polar surface area (TPSA) is 129 Å². The highest BCUT2D eigenvalue weighted by Gasteiger charge is 2.12. The lowest BCUT2D eigenvalue weighted by atomic mass is 10.2. The van der Waals surface area contributed by atoms with Crippen LogP contribution < -0.4 is 31.1 Å². The molecule has 2 aromatic carbocycles. The van der Waals surface area contributed by atoms with Crippen molar-refractivity contribution in [2.24, 2.45) is 5.73 Å². The molecule has 11 heteroatoms. The second-order valence-corrected chi connectivity index (χ2v) is 8.80. The van der Waals surface area contributed by atoms with Gasteiger partial charge in [0, 0.05) is 12.1 Å². The molecule has 4 rings (SSSR count). The van der Waals surface area contributed by atoms with E-state index in [2.05, 4.69) is 25.3 Å². The molecule has 4 aromatic rings. The van der Waals surface area contributed by atoms with Gasteiger partial charge in [-0.25, -0.2) is 15.0 Å². The number of thioether (sulfide) groups is 1. The van der Waals surface area contributed by atoms with E-state index in [4.69, 9.17) is 15.2 Å². The largest absolute Gasteiger partial charge is 0.497 e. The molecule has 0 fully saturated rings. The summed E-state index contributed by atoms with van der Waals surface area (Å²) >= 11 is 3.14. The Morgan fingerprint density at radius 3 is 2.81 bits per heavy atom. The smallest absolute Gasteiger partial charge is 0.325 e. The van der Waals surface area contributed by atoms with Crippen LogP contribution >= 0.6 is 23.1 Å². The van der Waals surface area contributed by atoms with E-state index in [0.717, 1.165) is 14.6 Å². The molecule has 2 aromatic heterocycles. The molecule has 0 saturated heterocycles. The third kappa shape index (κ3) is 5.18. The summed E-state index contributed by atoms with van der Waals surface area (Å²) < 4.78 is 12.6. The van der Waals surface area contributed by atoms with Gasteiger partial charge in [-0.3, -0.25) is 10.1 Å². The lowest BCUT2D eigenvalue weighted by molar-refractivity contribution is -0.365. The van der Waals surface area contributed by atoms with Gasteiger partial charge in [0.1, 0.15) is 17.1 Å². The van der Waals surface area contributed by atoms with E-state index in [0.29, 0.717) is 28.6 Å². The monoisotopic (exact) mass is 469 g/mol. The van der Waals surface area contributed by atoms with E-state index in [1.807, 2.05) is 24.3 Å². The summed E-state index contributed by atoms with van der Waals surface area (Å²) in [5.74, 6) is 2.11. The van der Waals surface area contributed by atoms with Crippen molar-refractivity contribution in [2.75, 3.05) is 19.5 Å². The Labute approximate surface area is 191 Å². The van der Waals surface area contributed by atoms with Crippen molar-refractivity contribution in [1.82, 2.24) is 15.0 Å². The number of benzene rings is 2. The zero-order chi connectivity index (χ0) is 22.5. The molecule has 0 amide bonds. The molecule has 0 aliphatic rings. The molecule has 0 saturated carbocycles. The predicted molar refractivity (Wildman–Crippen MR) is 127 cm³/mol. The Hall–Kier alpha value is -3.57.